The molecule has 0 spiro atoms. The van der Waals surface area contributed by atoms with E-state index in [1.165, 1.54) is 12.8 Å². The number of hydrogen-bond acceptors (Lipinski definition) is 3. The minimum atomic E-state index is -0.704. The standard InChI is InChI=1S/C10H16O3/c1-3-4-5-6-10-11-7-8(2)9(12-10)13-10/h3-7H2,1-2H3. The molecular weight excluding hydrogens is 168 g/mol. The molecule has 3 heteroatoms. The molecule has 74 valence electrons. The van der Waals surface area contributed by atoms with Gasteiger partial charge in [-0.25, -0.2) is 0 Å². The van der Waals surface area contributed by atoms with E-state index >= 15 is 0 Å². The lowest BCUT2D eigenvalue weighted by Gasteiger charge is -2.46. The fraction of sp³-hybridized carbons (Fsp3) is 0.800. The van der Waals surface area contributed by atoms with Crippen molar-refractivity contribution in [3.8, 4) is 0 Å². The third kappa shape index (κ3) is 1.53. The largest absolute Gasteiger partial charge is 0.397 e. The summed E-state index contributed by atoms with van der Waals surface area (Å²) in [5.74, 6) is -0.0213. The first-order valence-corrected chi connectivity index (χ1v) is 4.97. The van der Waals surface area contributed by atoms with Crippen molar-refractivity contribution in [3.05, 3.63) is 11.5 Å². The SMILES string of the molecule is CCCCCC12OCC(C)=C(O1)O2. The molecule has 1 fully saturated rings. The van der Waals surface area contributed by atoms with Crippen molar-refractivity contribution < 1.29 is 14.2 Å². The maximum absolute atomic E-state index is 5.49. The van der Waals surface area contributed by atoms with Gasteiger partial charge in [-0.1, -0.05) is 19.8 Å². The van der Waals surface area contributed by atoms with E-state index in [1.54, 1.807) is 0 Å². The van der Waals surface area contributed by atoms with Gasteiger partial charge in [0.25, 0.3) is 5.95 Å². The molecule has 0 aliphatic carbocycles. The average Bonchev–Trinajstić information content (AvgIpc) is 2.06. The van der Waals surface area contributed by atoms with Crippen LogP contribution in [0.25, 0.3) is 0 Å². The van der Waals surface area contributed by atoms with Crippen molar-refractivity contribution in [2.45, 2.75) is 45.5 Å². The number of fused-ring (bicyclic) bond motifs is 2. The van der Waals surface area contributed by atoms with Crippen LogP contribution in [-0.4, -0.2) is 12.6 Å². The van der Waals surface area contributed by atoms with Gasteiger partial charge in [-0.05, 0) is 13.3 Å². The Kier molecular flexibility index (Phi) is 2.20. The first-order chi connectivity index (χ1) is 6.26. The summed E-state index contributed by atoms with van der Waals surface area (Å²) in [6.07, 6.45) is 4.36. The molecule has 3 aliphatic rings. The lowest BCUT2D eigenvalue weighted by atomic mass is 10.1. The van der Waals surface area contributed by atoms with Gasteiger partial charge in [0.1, 0.15) is 0 Å². The molecule has 3 heterocycles. The summed E-state index contributed by atoms with van der Waals surface area (Å²) < 4.78 is 16.4. The summed E-state index contributed by atoms with van der Waals surface area (Å²) in [7, 11) is 0. The third-order valence-electron chi connectivity index (χ3n) is 2.44. The predicted molar refractivity (Wildman–Crippen MR) is 47.7 cm³/mol. The van der Waals surface area contributed by atoms with E-state index in [4.69, 9.17) is 14.2 Å². The van der Waals surface area contributed by atoms with Gasteiger partial charge >= 0.3 is 5.97 Å². The van der Waals surface area contributed by atoms with Crippen molar-refractivity contribution in [2.75, 3.05) is 6.61 Å². The highest BCUT2D eigenvalue weighted by Crippen LogP contribution is 2.43. The van der Waals surface area contributed by atoms with Gasteiger partial charge in [-0.3, -0.25) is 0 Å². The summed E-state index contributed by atoms with van der Waals surface area (Å²) in [4.78, 5) is 0. The van der Waals surface area contributed by atoms with Crippen LogP contribution in [0.4, 0.5) is 0 Å². The smallest absolute Gasteiger partial charge is 0.376 e. The number of unbranched alkanes of at least 4 members (excludes halogenated alkanes) is 2. The molecule has 0 N–H and O–H groups in total. The van der Waals surface area contributed by atoms with Crippen molar-refractivity contribution in [1.82, 2.24) is 0 Å². The fourth-order valence-electron chi connectivity index (χ4n) is 1.57. The molecule has 3 nitrogen and oxygen atoms in total. The van der Waals surface area contributed by atoms with E-state index in [0.29, 0.717) is 12.6 Å². The summed E-state index contributed by atoms with van der Waals surface area (Å²) in [6, 6.07) is 0. The first kappa shape index (κ1) is 8.88. The zero-order valence-corrected chi connectivity index (χ0v) is 8.26. The van der Waals surface area contributed by atoms with Gasteiger partial charge in [0, 0.05) is 5.57 Å². The normalized spacial score (nSPS) is 23.2. The number of hydrogen-bond donors (Lipinski definition) is 0. The summed E-state index contributed by atoms with van der Waals surface area (Å²) in [5, 5.41) is 0. The van der Waals surface area contributed by atoms with Crippen LogP contribution in [0.3, 0.4) is 0 Å². The zero-order valence-electron chi connectivity index (χ0n) is 8.26. The Hall–Kier alpha value is -0.700. The number of ether oxygens (including phenoxy) is 3. The minimum absolute atomic E-state index is 0.654. The summed E-state index contributed by atoms with van der Waals surface area (Å²) in [6.45, 7) is 4.79. The van der Waals surface area contributed by atoms with Gasteiger partial charge in [0.05, 0.1) is 13.0 Å². The average molecular weight is 184 g/mol. The highest BCUT2D eigenvalue weighted by Gasteiger charge is 2.51. The fourth-order valence-corrected chi connectivity index (χ4v) is 1.57. The quantitative estimate of drug-likeness (QED) is 0.628. The Morgan fingerprint density at radius 2 is 2.08 bits per heavy atom. The second-order valence-corrected chi connectivity index (χ2v) is 3.70. The Balaban J connectivity index is 1.83. The molecule has 3 rings (SSSR count). The molecule has 0 unspecified atom stereocenters. The molecule has 0 amide bonds. The van der Waals surface area contributed by atoms with Crippen LogP contribution in [0.15, 0.2) is 11.5 Å². The van der Waals surface area contributed by atoms with Crippen LogP contribution in [0.5, 0.6) is 0 Å². The van der Waals surface area contributed by atoms with Gasteiger partial charge in [-0.2, -0.15) is 0 Å². The van der Waals surface area contributed by atoms with Crippen LogP contribution in [0.2, 0.25) is 0 Å². The van der Waals surface area contributed by atoms with Crippen LogP contribution < -0.4 is 0 Å². The van der Waals surface area contributed by atoms with E-state index < -0.39 is 5.97 Å². The molecule has 0 aromatic heterocycles. The predicted octanol–water partition coefficient (Wildman–Crippen LogP) is 2.53. The van der Waals surface area contributed by atoms with Gasteiger partial charge < -0.3 is 14.2 Å². The second kappa shape index (κ2) is 3.22. The maximum Gasteiger partial charge on any atom is 0.376 e. The molecule has 0 aromatic rings. The summed E-state index contributed by atoms with van der Waals surface area (Å²) in [5.41, 5.74) is 1.05. The molecule has 0 saturated carbocycles. The Labute approximate surface area is 78.7 Å². The first-order valence-electron chi connectivity index (χ1n) is 4.97. The molecule has 0 atom stereocenters. The third-order valence-corrected chi connectivity index (χ3v) is 2.44. The van der Waals surface area contributed by atoms with Gasteiger partial charge in [-0.15, -0.1) is 0 Å². The van der Waals surface area contributed by atoms with Crippen LogP contribution in [0, 0.1) is 0 Å². The Morgan fingerprint density at radius 3 is 2.62 bits per heavy atom. The van der Waals surface area contributed by atoms with Crippen LogP contribution in [0.1, 0.15) is 39.5 Å². The van der Waals surface area contributed by atoms with Crippen molar-refractivity contribution >= 4 is 0 Å². The van der Waals surface area contributed by atoms with E-state index in [9.17, 15) is 0 Å². The maximum atomic E-state index is 5.49. The van der Waals surface area contributed by atoms with Crippen molar-refractivity contribution in [1.29, 1.82) is 0 Å². The lowest BCUT2D eigenvalue weighted by molar-refractivity contribution is -0.468. The van der Waals surface area contributed by atoms with Crippen molar-refractivity contribution in [3.63, 3.8) is 0 Å². The monoisotopic (exact) mass is 184 g/mol. The molecule has 2 bridgehead atoms. The lowest BCUT2D eigenvalue weighted by Crippen LogP contribution is -2.51. The Morgan fingerprint density at radius 1 is 1.31 bits per heavy atom. The highest BCUT2D eigenvalue weighted by molar-refractivity contribution is 5.09. The minimum Gasteiger partial charge on any atom is -0.397 e. The van der Waals surface area contributed by atoms with Crippen LogP contribution >= 0.6 is 0 Å². The highest BCUT2D eigenvalue weighted by atomic mass is 17.0. The second-order valence-electron chi connectivity index (χ2n) is 3.70. The van der Waals surface area contributed by atoms with Crippen LogP contribution in [-0.2, 0) is 14.2 Å². The van der Waals surface area contributed by atoms with E-state index in [-0.39, 0.29) is 0 Å². The Bertz CT molecular complexity index is 224. The number of rotatable bonds is 4. The molecule has 0 aromatic carbocycles. The van der Waals surface area contributed by atoms with Gasteiger partial charge in [0.2, 0.25) is 0 Å². The topological polar surface area (TPSA) is 27.7 Å². The zero-order chi connectivity index (χ0) is 9.31. The molecule has 3 aliphatic heterocycles. The van der Waals surface area contributed by atoms with Crippen molar-refractivity contribution in [2.24, 2.45) is 0 Å². The molecule has 0 radical (unpaired) electrons. The van der Waals surface area contributed by atoms with Gasteiger partial charge in [0.15, 0.2) is 0 Å². The van der Waals surface area contributed by atoms with E-state index in [2.05, 4.69) is 6.92 Å². The molecule has 13 heavy (non-hydrogen) atoms. The summed E-state index contributed by atoms with van der Waals surface area (Å²) >= 11 is 0. The van der Waals surface area contributed by atoms with E-state index in [1.807, 2.05) is 6.92 Å². The van der Waals surface area contributed by atoms with E-state index in [0.717, 1.165) is 18.4 Å². The molecule has 1 saturated heterocycles. The molecular formula is C10H16O3.